The Labute approximate surface area is 145 Å². The second kappa shape index (κ2) is 5.31. The van der Waals surface area contributed by atoms with Crippen LogP contribution >= 0.6 is 11.3 Å². The topological polar surface area (TPSA) is 51.2 Å². The fraction of sp³-hybridized carbons (Fsp3) is 0.588. The summed E-state index contributed by atoms with van der Waals surface area (Å²) >= 11 is 1.68. The highest BCUT2D eigenvalue weighted by molar-refractivity contribution is 7.20. The van der Waals surface area contributed by atoms with Crippen LogP contribution in [-0.2, 0) is 19.9 Å². The molecule has 0 N–H and O–H groups in total. The van der Waals surface area contributed by atoms with Crippen LogP contribution in [0.25, 0.3) is 4.96 Å². The van der Waals surface area contributed by atoms with Crippen molar-refractivity contribution in [2.24, 2.45) is 7.05 Å². The highest BCUT2D eigenvalue weighted by Crippen LogP contribution is 2.38. The Hall–Kier alpha value is -1.89. The molecule has 1 fully saturated rings. The number of hydrogen-bond donors (Lipinski definition) is 0. The summed E-state index contributed by atoms with van der Waals surface area (Å²) in [5, 5.41) is 5.83. The van der Waals surface area contributed by atoms with Crippen molar-refractivity contribution in [2.45, 2.75) is 51.5 Å². The van der Waals surface area contributed by atoms with Crippen molar-refractivity contribution < 1.29 is 0 Å². The molecule has 1 aliphatic heterocycles. The van der Waals surface area contributed by atoms with Crippen molar-refractivity contribution in [3.05, 3.63) is 29.1 Å². The number of imidazole rings is 2. The maximum atomic E-state index is 5.04. The number of hydrogen-bond acceptors (Lipinski definition) is 5. The Morgan fingerprint density at radius 1 is 1.17 bits per heavy atom. The van der Waals surface area contributed by atoms with Gasteiger partial charge in [-0.1, -0.05) is 11.3 Å². The van der Waals surface area contributed by atoms with Gasteiger partial charge in [-0.2, -0.15) is 0 Å². The van der Waals surface area contributed by atoms with Gasteiger partial charge in [0, 0.05) is 19.3 Å². The Bertz CT molecular complexity index is 872. The molecule has 3 aromatic heterocycles. The zero-order valence-electron chi connectivity index (χ0n) is 14.2. The van der Waals surface area contributed by atoms with E-state index < -0.39 is 0 Å². The van der Waals surface area contributed by atoms with Crippen LogP contribution in [-0.4, -0.2) is 30.7 Å². The van der Waals surface area contributed by atoms with Gasteiger partial charge in [0.2, 0.25) is 10.1 Å². The first-order valence-corrected chi connectivity index (χ1v) is 9.66. The summed E-state index contributed by atoms with van der Waals surface area (Å²) in [5.41, 5.74) is 3.80. The molecule has 0 amide bonds. The van der Waals surface area contributed by atoms with E-state index in [1.54, 1.807) is 11.3 Å². The first-order chi connectivity index (χ1) is 11.7. The van der Waals surface area contributed by atoms with Crippen molar-refractivity contribution >= 4 is 21.4 Å². The highest BCUT2D eigenvalue weighted by Gasteiger charge is 2.33. The molecule has 0 aromatic carbocycles. The van der Waals surface area contributed by atoms with Gasteiger partial charge in [0.15, 0.2) is 0 Å². The summed E-state index contributed by atoms with van der Waals surface area (Å²) in [6.07, 6.45) is 9.24. The summed E-state index contributed by atoms with van der Waals surface area (Å²) in [6.45, 7) is 3.07. The Morgan fingerprint density at radius 2 is 2.04 bits per heavy atom. The predicted octanol–water partition coefficient (Wildman–Crippen LogP) is 3.05. The van der Waals surface area contributed by atoms with E-state index in [1.165, 1.54) is 42.9 Å². The molecule has 4 heterocycles. The average molecular weight is 342 g/mol. The minimum absolute atomic E-state index is 0.345. The van der Waals surface area contributed by atoms with Crippen molar-refractivity contribution in [2.75, 3.05) is 11.4 Å². The molecule has 7 heteroatoms. The lowest BCUT2D eigenvalue weighted by Gasteiger charge is -2.23. The van der Waals surface area contributed by atoms with E-state index in [4.69, 9.17) is 10.1 Å². The zero-order chi connectivity index (χ0) is 16.3. The lowest BCUT2D eigenvalue weighted by atomic mass is 10.0. The maximum Gasteiger partial charge on any atom is 0.214 e. The first kappa shape index (κ1) is 14.5. The van der Waals surface area contributed by atoms with E-state index in [0.717, 1.165) is 35.2 Å². The third kappa shape index (κ3) is 2.10. The van der Waals surface area contributed by atoms with E-state index >= 15 is 0 Å². The second-order valence-corrected chi connectivity index (χ2v) is 7.91. The van der Waals surface area contributed by atoms with Gasteiger partial charge in [0.25, 0.3) is 0 Å². The van der Waals surface area contributed by atoms with E-state index in [9.17, 15) is 0 Å². The summed E-state index contributed by atoms with van der Waals surface area (Å²) in [4.78, 5) is 13.0. The lowest BCUT2D eigenvalue weighted by Crippen LogP contribution is -2.25. The van der Waals surface area contributed by atoms with Gasteiger partial charge in [0.05, 0.1) is 23.6 Å². The van der Waals surface area contributed by atoms with Crippen LogP contribution < -0.4 is 4.90 Å². The molecular formula is C17H22N6S. The second-order valence-electron chi connectivity index (χ2n) is 6.97. The molecule has 126 valence electrons. The SMILES string of the molecule is Cc1cn2nc(N3CCC[C@@H]3c3nc4c(n3C)CCCC4)sc2n1. The summed E-state index contributed by atoms with van der Waals surface area (Å²) in [7, 11) is 2.20. The first-order valence-electron chi connectivity index (χ1n) is 8.84. The molecule has 0 saturated carbocycles. The monoisotopic (exact) mass is 342 g/mol. The van der Waals surface area contributed by atoms with Crippen LogP contribution in [0.1, 0.15) is 54.6 Å². The smallest absolute Gasteiger partial charge is 0.214 e. The van der Waals surface area contributed by atoms with Gasteiger partial charge in [-0.05, 0) is 45.4 Å². The van der Waals surface area contributed by atoms with Crippen LogP contribution in [0.5, 0.6) is 0 Å². The van der Waals surface area contributed by atoms with Gasteiger partial charge in [-0.3, -0.25) is 0 Å². The standard InChI is InChI=1S/C17H22N6S/c1-11-10-23-16(18-11)24-17(20-23)22-9-5-8-14(22)15-19-12-6-3-4-7-13(12)21(15)2/h10,14H,3-9H2,1-2H3/t14-/m1/s1. The molecule has 1 atom stereocenters. The number of anilines is 1. The molecule has 3 aromatic rings. The molecule has 0 bridgehead atoms. The highest BCUT2D eigenvalue weighted by atomic mass is 32.1. The van der Waals surface area contributed by atoms with Gasteiger partial charge < -0.3 is 9.47 Å². The lowest BCUT2D eigenvalue weighted by molar-refractivity contribution is 0.607. The van der Waals surface area contributed by atoms with Crippen molar-refractivity contribution in [3.63, 3.8) is 0 Å². The quantitative estimate of drug-likeness (QED) is 0.718. The normalized spacial score (nSPS) is 20.9. The number of rotatable bonds is 2. The minimum Gasteiger partial charge on any atom is -0.336 e. The molecule has 2 aliphatic rings. The summed E-state index contributed by atoms with van der Waals surface area (Å²) < 4.78 is 4.27. The molecule has 0 radical (unpaired) electrons. The van der Waals surface area contributed by atoms with Crippen molar-refractivity contribution in [3.8, 4) is 0 Å². The number of aryl methyl sites for hydroxylation is 2. The fourth-order valence-corrected chi connectivity index (χ4v) is 5.19. The van der Waals surface area contributed by atoms with Gasteiger partial charge in [-0.25, -0.2) is 14.5 Å². The Balaban J connectivity index is 1.53. The average Bonchev–Trinajstić information content (AvgIpc) is 3.29. The van der Waals surface area contributed by atoms with Crippen LogP contribution in [0.4, 0.5) is 5.13 Å². The van der Waals surface area contributed by atoms with E-state index in [2.05, 4.69) is 21.5 Å². The summed E-state index contributed by atoms with van der Waals surface area (Å²) in [6, 6.07) is 0.345. The van der Waals surface area contributed by atoms with Gasteiger partial charge in [-0.15, -0.1) is 5.10 Å². The molecule has 6 nitrogen and oxygen atoms in total. The molecule has 0 spiro atoms. The predicted molar refractivity (Wildman–Crippen MR) is 94.8 cm³/mol. The minimum atomic E-state index is 0.345. The third-order valence-electron chi connectivity index (χ3n) is 5.36. The maximum absolute atomic E-state index is 5.04. The molecular weight excluding hydrogens is 320 g/mol. The Kier molecular flexibility index (Phi) is 3.20. The number of nitrogens with zero attached hydrogens (tertiary/aromatic N) is 6. The number of fused-ring (bicyclic) bond motifs is 2. The number of aromatic nitrogens is 5. The van der Waals surface area contributed by atoms with E-state index in [-0.39, 0.29) is 0 Å². The molecule has 1 aliphatic carbocycles. The van der Waals surface area contributed by atoms with E-state index in [0.29, 0.717) is 6.04 Å². The van der Waals surface area contributed by atoms with Crippen molar-refractivity contribution in [1.82, 2.24) is 24.1 Å². The van der Waals surface area contributed by atoms with Gasteiger partial charge in [0.1, 0.15) is 5.82 Å². The summed E-state index contributed by atoms with van der Waals surface area (Å²) in [5.74, 6) is 1.23. The zero-order valence-corrected chi connectivity index (χ0v) is 15.0. The van der Waals surface area contributed by atoms with E-state index in [1.807, 2.05) is 17.6 Å². The Morgan fingerprint density at radius 3 is 2.88 bits per heavy atom. The van der Waals surface area contributed by atoms with Crippen LogP contribution in [0.15, 0.2) is 6.20 Å². The van der Waals surface area contributed by atoms with Crippen molar-refractivity contribution in [1.29, 1.82) is 0 Å². The third-order valence-corrected chi connectivity index (χ3v) is 6.32. The van der Waals surface area contributed by atoms with Crippen LogP contribution in [0, 0.1) is 6.92 Å². The molecule has 0 unspecified atom stereocenters. The van der Waals surface area contributed by atoms with Gasteiger partial charge >= 0.3 is 0 Å². The van der Waals surface area contributed by atoms with Crippen LogP contribution in [0.3, 0.4) is 0 Å². The largest absolute Gasteiger partial charge is 0.336 e. The molecule has 24 heavy (non-hydrogen) atoms. The molecule has 5 rings (SSSR count). The van der Waals surface area contributed by atoms with Crippen LogP contribution in [0.2, 0.25) is 0 Å². The molecule has 1 saturated heterocycles. The fourth-order valence-electron chi connectivity index (χ4n) is 4.18.